The highest BCUT2D eigenvalue weighted by atomic mass is 35.5. The molecule has 0 spiro atoms. The van der Waals surface area contributed by atoms with Gasteiger partial charge < -0.3 is 0 Å². The van der Waals surface area contributed by atoms with E-state index in [2.05, 4.69) is 0 Å². The van der Waals surface area contributed by atoms with Gasteiger partial charge in [-0.2, -0.15) is 0 Å². The van der Waals surface area contributed by atoms with Crippen LogP contribution >= 0.6 is 23.6 Å². The summed E-state index contributed by atoms with van der Waals surface area (Å²) < 4.78 is 1.03. The number of halogens is 2. The average molecular weight is 235 g/mol. The van der Waals surface area contributed by atoms with Crippen LogP contribution in [0.3, 0.4) is 0 Å². The van der Waals surface area contributed by atoms with Crippen molar-refractivity contribution in [2.24, 2.45) is 0 Å². The molecule has 0 unspecified atom stereocenters. The van der Waals surface area contributed by atoms with E-state index in [4.69, 9.17) is 23.6 Å². The number of hydrogen-bond donors (Lipinski definition) is 0. The lowest BCUT2D eigenvalue weighted by atomic mass is 10.1. The second kappa shape index (κ2) is 5.14. The monoisotopic (exact) mass is 234 g/mol. The van der Waals surface area contributed by atoms with E-state index in [0.29, 0.717) is 13.0 Å². The molecule has 0 fully saturated rings. The SMILES string of the molecule is O=[N+]([O-])c1ccc(CCN(Cl)Cl)cc1. The molecule has 14 heavy (non-hydrogen) atoms. The normalized spacial score (nSPS) is 10.5. The first-order chi connectivity index (χ1) is 6.59. The number of benzene rings is 1. The van der Waals surface area contributed by atoms with Gasteiger partial charge in [-0.1, -0.05) is 12.1 Å². The maximum Gasteiger partial charge on any atom is 0.269 e. The third kappa shape index (κ3) is 3.49. The Morgan fingerprint density at radius 3 is 2.29 bits per heavy atom. The molecule has 0 aliphatic rings. The van der Waals surface area contributed by atoms with Gasteiger partial charge >= 0.3 is 0 Å². The molecular weight excluding hydrogens is 227 g/mol. The van der Waals surface area contributed by atoms with Crippen LogP contribution in [0.25, 0.3) is 0 Å². The Hall–Kier alpha value is -0.840. The van der Waals surface area contributed by atoms with Gasteiger partial charge in [0.2, 0.25) is 0 Å². The quantitative estimate of drug-likeness (QED) is 0.458. The van der Waals surface area contributed by atoms with Crippen LogP contribution in [0.15, 0.2) is 24.3 Å². The van der Waals surface area contributed by atoms with Crippen LogP contribution in [-0.4, -0.2) is 15.4 Å². The van der Waals surface area contributed by atoms with E-state index in [1.807, 2.05) is 0 Å². The van der Waals surface area contributed by atoms with Crippen molar-refractivity contribution >= 4 is 29.2 Å². The maximum absolute atomic E-state index is 10.3. The lowest BCUT2D eigenvalue weighted by molar-refractivity contribution is -0.384. The molecule has 0 bridgehead atoms. The smallest absolute Gasteiger partial charge is 0.258 e. The summed E-state index contributed by atoms with van der Waals surface area (Å²) in [5, 5.41) is 10.3. The van der Waals surface area contributed by atoms with Crippen molar-refractivity contribution in [1.29, 1.82) is 0 Å². The van der Waals surface area contributed by atoms with E-state index in [-0.39, 0.29) is 5.69 Å². The van der Waals surface area contributed by atoms with E-state index < -0.39 is 4.92 Å². The van der Waals surface area contributed by atoms with Crippen LogP contribution in [0.4, 0.5) is 5.69 Å². The number of non-ortho nitro benzene ring substituents is 1. The Morgan fingerprint density at radius 2 is 1.86 bits per heavy atom. The van der Waals surface area contributed by atoms with Gasteiger partial charge in [0.05, 0.1) is 4.92 Å². The first-order valence-corrected chi connectivity index (χ1v) is 4.59. The van der Waals surface area contributed by atoms with E-state index in [0.717, 1.165) is 9.50 Å². The number of nitrogens with zero attached hydrogens (tertiary/aromatic N) is 2. The lowest BCUT2D eigenvalue weighted by Crippen LogP contribution is -2.03. The predicted octanol–water partition coefficient (Wildman–Crippen LogP) is 2.75. The largest absolute Gasteiger partial charge is 0.269 e. The van der Waals surface area contributed by atoms with Gasteiger partial charge in [0.25, 0.3) is 5.69 Å². The number of rotatable bonds is 4. The van der Waals surface area contributed by atoms with Crippen LogP contribution in [0.5, 0.6) is 0 Å². The Labute approximate surface area is 91.4 Å². The molecule has 0 aliphatic heterocycles. The van der Waals surface area contributed by atoms with Gasteiger partial charge in [-0.15, -0.1) is 3.94 Å². The third-order valence-corrected chi connectivity index (χ3v) is 2.05. The predicted molar refractivity (Wildman–Crippen MR) is 55.2 cm³/mol. The van der Waals surface area contributed by atoms with Gasteiger partial charge in [0.15, 0.2) is 0 Å². The Morgan fingerprint density at radius 1 is 1.29 bits per heavy atom. The van der Waals surface area contributed by atoms with Crippen molar-refractivity contribution < 1.29 is 4.92 Å². The molecule has 0 atom stereocenters. The van der Waals surface area contributed by atoms with Crippen LogP contribution in [-0.2, 0) is 6.42 Å². The minimum atomic E-state index is -0.431. The molecule has 0 heterocycles. The minimum absolute atomic E-state index is 0.0855. The fourth-order valence-electron chi connectivity index (χ4n) is 0.998. The zero-order valence-electron chi connectivity index (χ0n) is 7.19. The van der Waals surface area contributed by atoms with E-state index >= 15 is 0 Å². The lowest BCUT2D eigenvalue weighted by Gasteiger charge is -2.03. The molecule has 0 saturated heterocycles. The number of nitro groups is 1. The molecule has 0 radical (unpaired) electrons. The van der Waals surface area contributed by atoms with Gasteiger partial charge in [-0.25, -0.2) is 0 Å². The molecular formula is C8H8Cl2N2O2. The van der Waals surface area contributed by atoms with E-state index in [9.17, 15) is 10.1 Å². The van der Waals surface area contributed by atoms with Crippen LogP contribution < -0.4 is 0 Å². The summed E-state index contributed by atoms with van der Waals surface area (Å²) in [5.74, 6) is 0. The molecule has 6 heteroatoms. The third-order valence-electron chi connectivity index (χ3n) is 1.72. The highest BCUT2D eigenvalue weighted by Crippen LogP contribution is 2.13. The maximum atomic E-state index is 10.3. The molecule has 0 aromatic heterocycles. The molecule has 1 rings (SSSR count). The number of nitro benzene ring substituents is 1. The second-order valence-corrected chi connectivity index (χ2v) is 3.69. The van der Waals surface area contributed by atoms with Crippen molar-refractivity contribution in [3.63, 3.8) is 0 Å². The topological polar surface area (TPSA) is 46.4 Å². The Balaban J connectivity index is 2.60. The first-order valence-electron chi connectivity index (χ1n) is 3.92. The molecule has 0 amide bonds. The highest BCUT2D eigenvalue weighted by Gasteiger charge is 2.04. The summed E-state index contributed by atoms with van der Waals surface area (Å²) in [6, 6.07) is 6.30. The highest BCUT2D eigenvalue weighted by molar-refractivity contribution is 6.33. The Bertz CT molecular complexity index is 314. The van der Waals surface area contributed by atoms with Gasteiger partial charge in [0, 0.05) is 18.7 Å². The van der Waals surface area contributed by atoms with Crippen LogP contribution in [0, 0.1) is 10.1 Å². The molecule has 1 aromatic rings. The zero-order chi connectivity index (χ0) is 10.6. The molecule has 0 N–H and O–H groups in total. The van der Waals surface area contributed by atoms with E-state index in [1.54, 1.807) is 12.1 Å². The summed E-state index contributed by atoms with van der Waals surface area (Å²) in [6.45, 7) is 0.487. The average Bonchev–Trinajstić information content (AvgIpc) is 2.15. The molecule has 0 aliphatic carbocycles. The minimum Gasteiger partial charge on any atom is -0.258 e. The summed E-state index contributed by atoms with van der Waals surface area (Å²) >= 11 is 10.8. The van der Waals surface area contributed by atoms with Crippen molar-refractivity contribution in [2.75, 3.05) is 6.54 Å². The van der Waals surface area contributed by atoms with Gasteiger partial charge in [-0.3, -0.25) is 10.1 Å². The molecule has 76 valence electrons. The fourth-order valence-corrected chi connectivity index (χ4v) is 1.17. The number of hydrogen-bond acceptors (Lipinski definition) is 3. The molecule has 4 nitrogen and oxygen atoms in total. The summed E-state index contributed by atoms with van der Waals surface area (Å²) in [4.78, 5) is 9.90. The standard InChI is InChI=1S/C8H8Cl2N2O2/c9-11(10)6-5-7-1-3-8(4-2-7)12(13)14/h1-4H,5-6H2. The van der Waals surface area contributed by atoms with Crippen molar-refractivity contribution in [3.8, 4) is 0 Å². The first kappa shape index (κ1) is 11.2. The fraction of sp³-hybridized carbons (Fsp3) is 0.250. The van der Waals surface area contributed by atoms with E-state index in [1.165, 1.54) is 12.1 Å². The molecule has 1 aromatic carbocycles. The second-order valence-electron chi connectivity index (χ2n) is 2.70. The van der Waals surface area contributed by atoms with Gasteiger partial charge in [0.1, 0.15) is 0 Å². The zero-order valence-corrected chi connectivity index (χ0v) is 8.70. The summed E-state index contributed by atoms with van der Waals surface area (Å²) in [6.07, 6.45) is 0.658. The Kier molecular flexibility index (Phi) is 4.13. The van der Waals surface area contributed by atoms with Crippen molar-refractivity contribution in [2.45, 2.75) is 6.42 Å². The molecule has 0 saturated carbocycles. The van der Waals surface area contributed by atoms with Crippen molar-refractivity contribution in [3.05, 3.63) is 39.9 Å². The van der Waals surface area contributed by atoms with Gasteiger partial charge in [-0.05, 0) is 35.5 Å². The van der Waals surface area contributed by atoms with Crippen molar-refractivity contribution in [1.82, 2.24) is 3.94 Å². The van der Waals surface area contributed by atoms with Crippen LogP contribution in [0.1, 0.15) is 5.56 Å². The summed E-state index contributed by atoms with van der Waals surface area (Å²) in [7, 11) is 0. The van der Waals surface area contributed by atoms with Crippen LogP contribution in [0.2, 0.25) is 0 Å². The summed E-state index contributed by atoms with van der Waals surface area (Å²) in [5.41, 5.74) is 1.05.